The van der Waals surface area contributed by atoms with Crippen molar-refractivity contribution in [3.05, 3.63) is 59.4 Å². The van der Waals surface area contributed by atoms with E-state index in [0.717, 1.165) is 49.8 Å². The Morgan fingerprint density at radius 1 is 0.900 bits per heavy atom. The molecule has 1 aliphatic rings. The number of fused-ring (bicyclic) bond motifs is 1. The van der Waals surface area contributed by atoms with Gasteiger partial charge < -0.3 is 14.4 Å². The van der Waals surface area contributed by atoms with Gasteiger partial charge in [0.25, 0.3) is 5.56 Å². The van der Waals surface area contributed by atoms with Gasteiger partial charge >= 0.3 is 0 Å². The van der Waals surface area contributed by atoms with Crippen molar-refractivity contribution in [1.82, 2.24) is 34.3 Å². The van der Waals surface area contributed by atoms with Crippen molar-refractivity contribution >= 4 is 17.3 Å². The molecule has 10 heteroatoms. The molecule has 1 fully saturated rings. The molecule has 0 atom stereocenters. The standard InChI is InChI=1S/C20H21N9O/c1-26-14-22-18(13-19(26)30)28-10-2-9-27(11-12-28)17-4-3-16-23-24-20(29(16)25-17)15-5-7-21-8-6-15/h3-8,13-14H,2,9-12H2,1H3. The first-order valence-corrected chi connectivity index (χ1v) is 9.84. The highest BCUT2D eigenvalue weighted by Crippen LogP contribution is 2.20. The van der Waals surface area contributed by atoms with Crippen LogP contribution in [-0.2, 0) is 7.05 Å². The van der Waals surface area contributed by atoms with Gasteiger partial charge in [-0.2, -0.15) is 4.52 Å². The Bertz CT molecular complexity index is 1230. The smallest absolute Gasteiger partial charge is 0.255 e. The van der Waals surface area contributed by atoms with Crippen molar-refractivity contribution in [2.24, 2.45) is 7.05 Å². The van der Waals surface area contributed by atoms with E-state index < -0.39 is 0 Å². The molecule has 0 N–H and O–H groups in total. The molecule has 0 aromatic carbocycles. The average Bonchev–Trinajstić information content (AvgIpc) is 3.04. The molecule has 4 aromatic rings. The summed E-state index contributed by atoms with van der Waals surface area (Å²) in [7, 11) is 1.70. The molecular formula is C20H21N9O. The highest BCUT2D eigenvalue weighted by atomic mass is 16.1. The van der Waals surface area contributed by atoms with E-state index in [1.54, 1.807) is 36.4 Å². The average molecular weight is 403 g/mol. The molecule has 10 nitrogen and oxygen atoms in total. The fourth-order valence-electron chi connectivity index (χ4n) is 3.63. The molecule has 0 amide bonds. The molecule has 0 saturated carbocycles. The van der Waals surface area contributed by atoms with Crippen LogP contribution in [0, 0.1) is 0 Å². The Morgan fingerprint density at radius 2 is 1.67 bits per heavy atom. The van der Waals surface area contributed by atoms with Crippen LogP contribution in [0.1, 0.15) is 6.42 Å². The number of rotatable bonds is 3. The van der Waals surface area contributed by atoms with Gasteiger partial charge in [0.05, 0.1) is 6.33 Å². The molecule has 0 aliphatic carbocycles. The lowest BCUT2D eigenvalue weighted by molar-refractivity contribution is 0.769. The second-order valence-corrected chi connectivity index (χ2v) is 7.24. The van der Waals surface area contributed by atoms with Gasteiger partial charge in [0, 0.05) is 57.3 Å². The molecule has 4 aromatic heterocycles. The van der Waals surface area contributed by atoms with Gasteiger partial charge in [-0.15, -0.1) is 15.3 Å². The predicted molar refractivity (Wildman–Crippen MR) is 113 cm³/mol. The first kappa shape index (κ1) is 18.2. The highest BCUT2D eigenvalue weighted by Gasteiger charge is 2.19. The molecule has 5 rings (SSSR count). The van der Waals surface area contributed by atoms with E-state index in [1.807, 2.05) is 24.3 Å². The third kappa shape index (κ3) is 3.36. The van der Waals surface area contributed by atoms with Crippen LogP contribution in [0.5, 0.6) is 0 Å². The summed E-state index contributed by atoms with van der Waals surface area (Å²) in [5, 5.41) is 13.3. The summed E-state index contributed by atoms with van der Waals surface area (Å²) in [6.07, 6.45) is 5.97. The molecule has 1 saturated heterocycles. The largest absolute Gasteiger partial charge is 0.355 e. The summed E-state index contributed by atoms with van der Waals surface area (Å²) in [6.45, 7) is 3.25. The van der Waals surface area contributed by atoms with Crippen LogP contribution in [0.4, 0.5) is 11.6 Å². The first-order valence-electron chi connectivity index (χ1n) is 9.84. The first-order chi connectivity index (χ1) is 14.7. The number of aromatic nitrogens is 7. The maximum atomic E-state index is 12.0. The van der Waals surface area contributed by atoms with Gasteiger partial charge in [0.1, 0.15) is 11.6 Å². The molecule has 30 heavy (non-hydrogen) atoms. The summed E-state index contributed by atoms with van der Waals surface area (Å²) in [4.78, 5) is 24.8. The predicted octanol–water partition coefficient (Wildman–Crippen LogP) is 0.997. The maximum absolute atomic E-state index is 12.0. The fourth-order valence-corrected chi connectivity index (χ4v) is 3.63. The molecule has 152 valence electrons. The fraction of sp³-hybridized carbons (Fsp3) is 0.300. The minimum absolute atomic E-state index is 0.0514. The Morgan fingerprint density at radius 3 is 2.43 bits per heavy atom. The molecule has 0 bridgehead atoms. The molecule has 0 spiro atoms. The highest BCUT2D eigenvalue weighted by molar-refractivity contribution is 5.59. The van der Waals surface area contributed by atoms with Gasteiger partial charge in [-0.1, -0.05) is 0 Å². The monoisotopic (exact) mass is 403 g/mol. The summed E-state index contributed by atoms with van der Waals surface area (Å²) < 4.78 is 3.25. The van der Waals surface area contributed by atoms with E-state index in [9.17, 15) is 4.79 Å². The summed E-state index contributed by atoms with van der Waals surface area (Å²) >= 11 is 0. The molecule has 5 heterocycles. The van der Waals surface area contributed by atoms with Crippen LogP contribution in [0.15, 0.2) is 53.8 Å². The van der Waals surface area contributed by atoms with Crippen LogP contribution in [0.3, 0.4) is 0 Å². The molecular weight excluding hydrogens is 382 g/mol. The van der Waals surface area contributed by atoms with Crippen LogP contribution in [-0.4, -0.2) is 60.5 Å². The van der Waals surface area contributed by atoms with Crippen LogP contribution in [0.2, 0.25) is 0 Å². The van der Waals surface area contributed by atoms with E-state index in [-0.39, 0.29) is 5.56 Å². The van der Waals surface area contributed by atoms with Gasteiger partial charge in [0.15, 0.2) is 11.5 Å². The minimum Gasteiger partial charge on any atom is -0.355 e. The third-order valence-electron chi connectivity index (χ3n) is 5.29. The number of hydrogen-bond donors (Lipinski definition) is 0. The third-order valence-corrected chi connectivity index (χ3v) is 5.29. The van der Waals surface area contributed by atoms with E-state index in [2.05, 4.69) is 30.0 Å². The number of nitrogens with zero attached hydrogens (tertiary/aromatic N) is 9. The SMILES string of the molecule is Cn1cnc(N2CCCN(c3ccc4nnc(-c5ccncc5)n4n3)CC2)cc1=O. The Balaban J connectivity index is 1.40. The normalized spacial score (nSPS) is 14.8. The van der Waals surface area contributed by atoms with Crippen molar-refractivity contribution in [3.63, 3.8) is 0 Å². The van der Waals surface area contributed by atoms with Crippen LogP contribution in [0.25, 0.3) is 17.0 Å². The Labute approximate surface area is 172 Å². The Kier molecular flexibility index (Phi) is 4.58. The topological polar surface area (TPSA) is 97.3 Å². The number of hydrogen-bond acceptors (Lipinski definition) is 8. The summed E-state index contributed by atoms with van der Waals surface area (Å²) in [5.74, 6) is 2.29. The van der Waals surface area contributed by atoms with Crippen molar-refractivity contribution < 1.29 is 0 Å². The zero-order valence-corrected chi connectivity index (χ0v) is 16.6. The number of anilines is 2. The van der Waals surface area contributed by atoms with E-state index >= 15 is 0 Å². The Hall–Kier alpha value is -3.82. The van der Waals surface area contributed by atoms with Crippen molar-refractivity contribution in [2.45, 2.75) is 6.42 Å². The van der Waals surface area contributed by atoms with Gasteiger partial charge in [-0.05, 0) is 30.7 Å². The van der Waals surface area contributed by atoms with E-state index in [0.29, 0.717) is 11.5 Å². The van der Waals surface area contributed by atoms with E-state index in [4.69, 9.17) is 5.10 Å². The lowest BCUT2D eigenvalue weighted by Gasteiger charge is -2.23. The van der Waals surface area contributed by atoms with Gasteiger partial charge in [-0.25, -0.2) is 4.98 Å². The summed E-state index contributed by atoms with van der Waals surface area (Å²) in [6, 6.07) is 9.30. The van der Waals surface area contributed by atoms with Crippen molar-refractivity contribution in [3.8, 4) is 11.4 Å². The number of aryl methyl sites for hydroxylation is 1. The second kappa shape index (κ2) is 7.54. The van der Waals surface area contributed by atoms with Gasteiger partial charge in [0.2, 0.25) is 0 Å². The number of pyridine rings is 1. The maximum Gasteiger partial charge on any atom is 0.255 e. The van der Waals surface area contributed by atoms with E-state index in [1.165, 1.54) is 4.57 Å². The van der Waals surface area contributed by atoms with Crippen molar-refractivity contribution in [2.75, 3.05) is 36.0 Å². The quantitative estimate of drug-likeness (QED) is 0.500. The summed E-state index contributed by atoms with van der Waals surface area (Å²) in [5.41, 5.74) is 1.57. The van der Waals surface area contributed by atoms with Crippen molar-refractivity contribution in [1.29, 1.82) is 0 Å². The van der Waals surface area contributed by atoms with Gasteiger partial charge in [-0.3, -0.25) is 9.78 Å². The molecule has 0 unspecified atom stereocenters. The zero-order chi connectivity index (χ0) is 20.5. The lowest BCUT2D eigenvalue weighted by atomic mass is 10.2. The van der Waals surface area contributed by atoms with Crippen LogP contribution >= 0.6 is 0 Å². The molecule has 1 aliphatic heterocycles. The second-order valence-electron chi connectivity index (χ2n) is 7.24. The zero-order valence-electron chi connectivity index (χ0n) is 16.6. The lowest BCUT2D eigenvalue weighted by Crippen LogP contribution is -2.32. The van der Waals surface area contributed by atoms with Crippen LogP contribution < -0.4 is 15.4 Å². The minimum atomic E-state index is -0.0514. The molecule has 0 radical (unpaired) electrons.